The van der Waals surface area contributed by atoms with Gasteiger partial charge in [-0.05, 0) is 56.2 Å². The van der Waals surface area contributed by atoms with E-state index in [0.717, 1.165) is 30.7 Å². The van der Waals surface area contributed by atoms with Crippen LogP contribution in [-0.4, -0.2) is 60.5 Å². The SMILES string of the molecule is CCOC(Cc1ccc(OCCN(CC2CCCCC2)C(=O)NC2CCCC2)cc1)C(=O)O. The second-order valence-corrected chi connectivity index (χ2v) is 9.36. The highest BCUT2D eigenvalue weighted by molar-refractivity contribution is 5.74. The third-order valence-electron chi connectivity index (χ3n) is 6.79. The fourth-order valence-corrected chi connectivity index (χ4v) is 4.92. The highest BCUT2D eigenvalue weighted by Gasteiger charge is 2.24. The van der Waals surface area contributed by atoms with Crippen molar-refractivity contribution in [2.45, 2.75) is 83.3 Å². The van der Waals surface area contributed by atoms with Crippen LogP contribution >= 0.6 is 0 Å². The smallest absolute Gasteiger partial charge is 0.333 e. The number of hydrogen-bond donors (Lipinski definition) is 2. The van der Waals surface area contributed by atoms with Crippen molar-refractivity contribution in [2.24, 2.45) is 5.92 Å². The molecule has 7 heteroatoms. The van der Waals surface area contributed by atoms with E-state index in [-0.39, 0.29) is 6.03 Å². The maximum atomic E-state index is 13.0. The summed E-state index contributed by atoms with van der Waals surface area (Å²) in [5.41, 5.74) is 0.887. The van der Waals surface area contributed by atoms with Crippen molar-refractivity contribution in [2.75, 3.05) is 26.3 Å². The van der Waals surface area contributed by atoms with Gasteiger partial charge >= 0.3 is 12.0 Å². The third kappa shape index (κ3) is 8.54. The van der Waals surface area contributed by atoms with Crippen molar-refractivity contribution in [3.05, 3.63) is 29.8 Å². The minimum Gasteiger partial charge on any atom is -0.492 e. The molecule has 1 atom stereocenters. The standard InChI is InChI=1S/C26H40N2O5/c1-2-32-24(25(29)30)18-20-12-14-23(15-13-20)33-17-16-28(19-21-8-4-3-5-9-21)26(31)27-22-10-6-7-11-22/h12-15,21-22,24H,2-11,16-19H2,1H3,(H,27,31)(H,29,30). The van der Waals surface area contributed by atoms with E-state index in [1.807, 2.05) is 29.2 Å². The maximum absolute atomic E-state index is 13.0. The molecule has 0 heterocycles. The molecule has 0 radical (unpaired) electrons. The second-order valence-electron chi connectivity index (χ2n) is 9.36. The van der Waals surface area contributed by atoms with Crippen LogP contribution in [0.2, 0.25) is 0 Å². The highest BCUT2D eigenvalue weighted by Crippen LogP contribution is 2.25. The molecule has 1 aromatic carbocycles. The predicted octanol–water partition coefficient (Wildman–Crippen LogP) is 4.63. The zero-order valence-electron chi connectivity index (χ0n) is 20.0. The van der Waals surface area contributed by atoms with E-state index in [2.05, 4.69) is 5.32 Å². The number of benzene rings is 1. The van der Waals surface area contributed by atoms with Crippen LogP contribution in [0.25, 0.3) is 0 Å². The van der Waals surface area contributed by atoms with Crippen LogP contribution in [-0.2, 0) is 16.0 Å². The number of carbonyl (C=O) groups is 2. The summed E-state index contributed by atoms with van der Waals surface area (Å²) in [5.74, 6) is 0.349. The normalized spacial score (nSPS) is 18.1. The molecule has 2 saturated carbocycles. The molecule has 2 aliphatic carbocycles. The van der Waals surface area contributed by atoms with E-state index >= 15 is 0 Å². The summed E-state index contributed by atoms with van der Waals surface area (Å²) in [6.45, 7) is 3.94. The Hall–Kier alpha value is -2.28. The van der Waals surface area contributed by atoms with Crippen molar-refractivity contribution in [1.29, 1.82) is 0 Å². The van der Waals surface area contributed by atoms with Gasteiger partial charge in [0.2, 0.25) is 0 Å². The minimum atomic E-state index is -0.953. The number of aliphatic carboxylic acids is 1. The molecule has 1 aromatic rings. The lowest BCUT2D eigenvalue weighted by Crippen LogP contribution is -2.47. The first kappa shape index (κ1) is 25.3. The van der Waals surface area contributed by atoms with Gasteiger partial charge in [-0.15, -0.1) is 0 Å². The number of nitrogens with zero attached hydrogens (tertiary/aromatic N) is 1. The maximum Gasteiger partial charge on any atom is 0.333 e. The van der Waals surface area contributed by atoms with Gasteiger partial charge in [0.1, 0.15) is 12.4 Å². The molecule has 184 valence electrons. The van der Waals surface area contributed by atoms with E-state index in [1.54, 1.807) is 6.92 Å². The molecule has 0 aromatic heterocycles. The summed E-state index contributed by atoms with van der Waals surface area (Å²) in [6.07, 6.45) is 10.3. The Balaban J connectivity index is 1.50. The Kier molecular flexibility index (Phi) is 10.3. The number of urea groups is 1. The molecular formula is C26H40N2O5. The van der Waals surface area contributed by atoms with Crippen molar-refractivity contribution < 1.29 is 24.2 Å². The number of amides is 2. The number of ether oxygens (including phenoxy) is 2. The third-order valence-corrected chi connectivity index (χ3v) is 6.79. The van der Waals surface area contributed by atoms with E-state index in [4.69, 9.17) is 9.47 Å². The van der Waals surface area contributed by atoms with Crippen LogP contribution in [0.15, 0.2) is 24.3 Å². The number of hydrogen-bond acceptors (Lipinski definition) is 4. The molecule has 0 spiro atoms. The first-order valence-corrected chi connectivity index (χ1v) is 12.7. The number of carbonyl (C=O) groups excluding carboxylic acids is 1. The van der Waals surface area contributed by atoms with Crippen LogP contribution in [0.4, 0.5) is 4.79 Å². The van der Waals surface area contributed by atoms with E-state index in [0.29, 0.717) is 38.1 Å². The van der Waals surface area contributed by atoms with Crippen molar-refractivity contribution in [3.8, 4) is 5.75 Å². The number of nitrogens with one attached hydrogen (secondary N) is 1. The number of carboxylic acid groups (broad SMARTS) is 1. The van der Waals surface area contributed by atoms with Gasteiger partial charge in [-0.2, -0.15) is 0 Å². The lowest BCUT2D eigenvalue weighted by Gasteiger charge is -2.31. The molecule has 2 amide bonds. The molecule has 2 fully saturated rings. The van der Waals surface area contributed by atoms with Crippen LogP contribution in [0.3, 0.4) is 0 Å². The van der Waals surface area contributed by atoms with Crippen molar-refractivity contribution >= 4 is 12.0 Å². The molecule has 33 heavy (non-hydrogen) atoms. The lowest BCUT2D eigenvalue weighted by atomic mass is 9.89. The average Bonchev–Trinajstić information content (AvgIpc) is 3.33. The van der Waals surface area contributed by atoms with Gasteiger partial charge in [0.15, 0.2) is 6.10 Å². The first-order chi connectivity index (χ1) is 16.0. The number of rotatable bonds is 12. The Morgan fingerprint density at radius 2 is 1.73 bits per heavy atom. The molecule has 1 unspecified atom stereocenters. The summed E-state index contributed by atoms with van der Waals surface area (Å²) in [7, 11) is 0. The van der Waals surface area contributed by atoms with Crippen LogP contribution in [0.1, 0.15) is 70.3 Å². The molecule has 0 bridgehead atoms. The summed E-state index contributed by atoms with van der Waals surface area (Å²) in [5, 5.41) is 12.5. The zero-order chi connectivity index (χ0) is 23.5. The van der Waals surface area contributed by atoms with Gasteiger partial charge in [-0.25, -0.2) is 9.59 Å². The zero-order valence-corrected chi connectivity index (χ0v) is 20.0. The second kappa shape index (κ2) is 13.4. The van der Waals surface area contributed by atoms with Crippen molar-refractivity contribution in [3.63, 3.8) is 0 Å². The fourth-order valence-electron chi connectivity index (χ4n) is 4.92. The predicted molar refractivity (Wildman–Crippen MR) is 128 cm³/mol. The first-order valence-electron chi connectivity index (χ1n) is 12.7. The lowest BCUT2D eigenvalue weighted by molar-refractivity contribution is -0.149. The topological polar surface area (TPSA) is 88.1 Å². The number of carboxylic acids is 1. The quantitative estimate of drug-likeness (QED) is 0.475. The van der Waals surface area contributed by atoms with E-state index < -0.39 is 12.1 Å². The van der Waals surface area contributed by atoms with Crippen LogP contribution in [0, 0.1) is 5.92 Å². The Morgan fingerprint density at radius 3 is 2.36 bits per heavy atom. The molecule has 0 aliphatic heterocycles. The van der Waals surface area contributed by atoms with Crippen LogP contribution in [0.5, 0.6) is 5.75 Å². The molecule has 7 nitrogen and oxygen atoms in total. The Labute approximate surface area is 197 Å². The monoisotopic (exact) mass is 460 g/mol. The molecule has 0 saturated heterocycles. The van der Waals surface area contributed by atoms with Gasteiger partial charge in [0, 0.05) is 25.6 Å². The van der Waals surface area contributed by atoms with Gasteiger partial charge in [0.05, 0.1) is 6.54 Å². The molecule has 3 rings (SSSR count). The molecule has 2 N–H and O–H groups in total. The Bertz CT molecular complexity index is 727. The van der Waals surface area contributed by atoms with Gasteiger partial charge in [-0.3, -0.25) is 0 Å². The average molecular weight is 461 g/mol. The van der Waals surface area contributed by atoms with Gasteiger partial charge in [0.25, 0.3) is 0 Å². The van der Waals surface area contributed by atoms with E-state index in [1.165, 1.54) is 44.9 Å². The largest absolute Gasteiger partial charge is 0.492 e. The molecule has 2 aliphatic rings. The van der Waals surface area contributed by atoms with Crippen molar-refractivity contribution in [1.82, 2.24) is 10.2 Å². The molecular weight excluding hydrogens is 420 g/mol. The summed E-state index contributed by atoms with van der Waals surface area (Å²) in [6, 6.07) is 7.80. The van der Waals surface area contributed by atoms with E-state index in [9.17, 15) is 14.7 Å². The minimum absolute atomic E-state index is 0.0436. The summed E-state index contributed by atoms with van der Waals surface area (Å²) >= 11 is 0. The fraction of sp³-hybridized carbons (Fsp3) is 0.692. The summed E-state index contributed by atoms with van der Waals surface area (Å²) < 4.78 is 11.2. The van der Waals surface area contributed by atoms with Gasteiger partial charge in [-0.1, -0.05) is 44.2 Å². The highest BCUT2D eigenvalue weighted by atomic mass is 16.5. The van der Waals surface area contributed by atoms with Crippen LogP contribution < -0.4 is 10.1 Å². The summed E-state index contributed by atoms with van der Waals surface area (Å²) in [4.78, 5) is 26.2. The van der Waals surface area contributed by atoms with Gasteiger partial charge < -0.3 is 24.8 Å². The Morgan fingerprint density at radius 1 is 1.06 bits per heavy atom.